The van der Waals surface area contributed by atoms with Gasteiger partial charge in [0, 0.05) is 0 Å². The molecule has 4 nitrogen and oxygen atoms in total. The number of rotatable bonds is 1. The zero-order valence-corrected chi connectivity index (χ0v) is 10.3. The fourth-order valence-electron chi connectivity index (χ4n) is 1.97. The van der Waals surface area contributed by atoms with Gasteiger partial charge in [-0.1, -0.05) is 39.0 Å². The maximum Gasteiger partial charge on any atom is 0.329 e. The number of carbonyl (C=O) groups is 2. The van der Waals surface area contributed by atoms with Gasteiger partial charge >= 0.3 is 6.03 Å². The van der Waals surface area contributed by atoms with Crippen LogP contribution in [-0.4, -0.2) is 18.5 Å². The first-order chi connectivity index (χ1) is 7.91. The molecular formula is C13H16N2O2. The molecule has 90 valence electrons. The SMILES string of the molecule is CC(C)(C)c1ccccc1N1C(=O)CNC1=O. The summed E-state index contributed by atoms with van der Waals surface area (Å²) < 4.78 is 0. The number of imide groups is 1. The second kappa shape index (κ2) is 3.87. The molecule has 0 bridgehead atoms. The molecule has 0 aliphatic carbocycles. The van der Waals surface area contributed by atoms with E-state index in [1.165, 1.54) is 4.90 Å². The van der Waals surface area contributed by atoms with E-state index in [1.54, 1.807) is 0 Å². The van der Waals surface area contributed by atoms with Gasteiger partial charge in [0.25, 0.3) is 5.91 Å². The summed E-state index contributed by atoms with van der Waals surface area (Å²) >= 11 is 0. The Bertz CT molecular complexity index is 459. The summed E-state index contributed by atoms with van der Waals surface area (Å²) in [4.78, 5) is 24.6. The largest absolute Gasteiger partial charge is 0.329 e. The minimum atomic E-state index is -0.341. The highest BCUT2D eigenvalue weighted by molar-refractivity contribution is 6.20. The van der Waals surface area contributed by atoms with Crippen LogP contribution in [0.15, 0.2) is 24.3 Å². The van der Waals surface area contributed by atoms with Crippen LogP contribution < -0.4 is 10.2 Å². The van der Waals surface area contributed by atoms with E-state index in [2.05, 4.69) is 26.1 Å². The Morgan fingerprint density at radius 2 is 1.82 bits per heavy atom. The van der Waals surface area contributed by atoms with Gasteiger partial charge in [-0.05, 0) is 17.0 Å². The first-order valence-corrected chi connectivity index (χ1v) is 5.61. The van der Waals surface area contributed by atoms with Crippen molar-refractivity contribution in [2.24, 2.45) is 0 Å². The molecule has 1 saturated heterocycles. The number of carbonyl (C=O) groups excluding carboxylic acids is 2. The molecule has 1 aliphatic rings. The monoisotopic (exact) mass is 232 g/mol. The number of hydrogen-bond donors (Lipinski definition) is 1. The van der Waals surface area contributed by atoms with E-state index in [9.17, 15) is 9.59 Å². The fourth-order valence-corrected chi connectivity index (χ4v) is 1.97. The molecule has 1 heterocycles. The standard InChI is InChI=1S/C13H16N2O2/c1-13(2,3)9-6-4-5-7-10(9)15-11(16)8-14-12(15)17/h4-7H,8H2,1-3H3,(H,14,17). The van der Waals surface area contributed by atoms with Crippen molar-refractivity contribution in [2.75, 3.05) is 11.4 Å². The van der Waals surface area contributed by atoms with Gasteiger partial charge in [-0.15, -0.1) is 0 Å². The average Bonchev–Trinajstić information content (AvgIpc) is 2.57. The molecule has 0 spiro atoms. The summed E-state index contributed by atoms with van der Waals surface area (Å²) in [5.41, 5.74) is 1.56. The third kappa shape index (κ3) is 2.02. The molecule has 0 radical (unpaired) electrons. The number of benzene rings is 1. The van der Waals surface area contributed by atoms with Crippen LogP contribution in [0.2, 0.25) is 0 Å². The summed E-state index contributed by atoms with van der Waals surface area (Å²) in [5, 5.41) is 2.53. The van der Waals surface area contributed by atoms with E-state index in [0.29, 0.717) is 5.69 Å². The molecule has 0 saturated carbocycles. The molecule has 17 heavy (non-hydrogen) atoms. The lowest BCUT2D eigenvalue weighted by Gasteiger charge is -2.25. The van der Waals surface area contributed by atoms with E-state index in [1.807, 2.05) is 24.3 Å². The number of para-hydroxylation sites is 1. The molecule has 1 aromatic carbocycles. The second-order valence-electron chi connectivity index (χ2n) is 5.16. The maximum atomic E-state index is 11.7. The van der Waals surface area contributed by atoms with Crippen LogP contribution in [0.5, 0.6) is 0 Å². The molecule has 3 amide bonds. The summed E-state index contributed by atoms with van der Waals surface area (Å²) in [5.74, 6) is -0.202. The van der Waals surface area contributed by atoms with E-state index in [-0.39, 0.29) is 23.9 Å². The van der Waals surface area contributed by atoms with E-state index >= 15 is 0 Å². The topological polar surface area (TPSA) is 49.4 Å². The molecule has 1 fully saturated rings. The Balaban J connectivity index is 2.52. The Morgan fingerprint density at radius 3 is 2.35 bits per heavy atom. The van der Waals surface area contributed by atoms with Crippen molar-refractivity contribution in [2.45, 2.75) is 26.2 Å². The number of amides is 3. The van der Waals surface area contributed by atoms with Gasteiger partial charge in [0.05, 0.1) is 12.2 Å². The Morgan fingerprint density at radius 1 is 1.18 bits per heavy atom. The van der Waals surface area contributed by atoms with E-state index in [4.69, 9.17) is 0 Å². The minimum Gasteiger partial charge on any atom is -0.328 e. The van der Waals surface area contributed by atoms with Crippen molar-refractivity contribution >= 4 is 17.6 Å². The van der Waals surface area contributed by atoms with Gasteiger partial charge in [0.2, 0.25) is 0 Å². The van der Waals surface area contributed by atoms with Gasteiger partial charge in [-0.2, -0.15) is 0 Å². The number of nitrogens with one attached hydrogen (secondary N) is 1. The molecule has 4 heteroatoms. The lowest BCUT2D eigenvalue weighted by Crippen LogP contribution is -2.33. The van der Waals surface area contributed by atoms with Crippen molar-refractivity contribution < 1.29 is 9.59 Å². The predicted octanol–water partition coefficient (Wildman–Crippen LogP) is 2.04. The van der Waals surface area contributed by atoms with Crippen LogP contribution in [0.1, 0.15) is 26.3 Å². The normalized spacial score (nSPS) is 16.3. The molecule has 0 aromatic heterocycles. The molecular weight excluding hydrogens is 216 g/mol. The van der Waals surface area contributed by atoms with Gasteiger partial charge in [-0.25, -0.2) is 9.69 Å². The predicted molar refractivity (Wildman–Crippen MR) is 66.0 cm³/mol. The Hall–Kier alpha value is -1.84. The van der Waals surface area contributed by atoms with Gasteiger partial charge < -0.3 is 5.32 Å². The Labute approximate surface area is 101 Å². The van der Waals surface area contributed by atoms with Crippen LogP contribution >= 0.6 is 0 Å². The molecule has 1 N–H and O–H groups in total. The molecule has 1 aliphatic heterocycles. The third-order valence-electron chi connectivity index (χ3n) is 2.80. The molecule has 2 rings (SSSR count). The van der Waals surface area contributed by atoms with Crippen LogP contribution in [0.4, 0.5) is 10.5 Å². The molecule has 1 aromatic rings. The average molecular weight is 232 g/mol. The molecule has 0 unspecified atom stereocenters. The summed E-state index contributed by atoms with van der Waals surface area (Å²) in [6.07, 6.45) is 0. The quantitative estimate of drug-likeness (QED) is 0.753. The lowest BCUT2D eigenvalue weighted by atomic mass is 9.85. The molecule has 0 atom stereocenters. The maximum absolute atomic E-state index is 11.7. The van der Waals surface area contributed by atoms with Crippen LogP contribution in [0.3, 0.4) is 0 Å². The highest BCUT2D eigenvalue weighted by Crippen LogP contribution is 2.32. The van der Waals surface area contributed by atoms with Crippen molar-refractivity contribution in [1.82, 2.24) is 5.32 Å². The lowest BCUT2D eigenvalue weighted by molar-refractivity contribution is -0.115. The van der Waals surface area contributed by atoms with Crippen LogP contribution in [-0.2, 0) is 10.2 Å². The zero-order chi connectivity index (χ0) is 12.6. The first kappa shape index (κ1) is 11.6. The van der Waals surface area contributed by atoms with Crippen molar-refractivity contribution in [3.8, 4) is 0 Å². The summed E-state index contributed by atoms with van der Waals surface area (Å²) in [6, 6.07) is 7.18. The van der Waals surface area contributed by atoms with Crippen LogP contribution in [0, 0.1) is 0 Å². The van der Waals surface area contributed by atoms with Crippen molar-refractivity contribution in [3.63, 3.8) is 0 Å². The fraction of sp³-hybridized carbons (Fsp3) is 0.385. The van der Waals surface area contributed by atoms with Crippen LogP contribution in [0.25, 0.3) is 0 Å². The van der Waals surface area contributed by atoms with Gasteiger partial charge in [-0.3, -0.25) is 4.79 Å². The van der Waals surface area contributed by atoms with Gasteiger partial charge in [0.15, 0.2) is 0 Å². The number of hydrogen-bond acceptors (Lipinski definition) is 2. The summed E-state index contributed by atoms with van der Waals surface area (Å²) in [7, 11) is 0. The summed E-state index contributed by atoms with van der Waals surface area (Å²) in [6.45, 7) is 6.26. The zero-order valence-electron chi connectivity index (χ0n) is 10.3. The minimum absolute atomic E-state index is 0.0807. The highest BCUT2D eigenvalue weighted by Gasteiger charge is 2.33. The third-order valence-corrected chi connectivity index (χ3v) is 2.80. The van der Waals surface area contributed by atoms with Crippen molar-refractivity contribution in [3.05, 3.63) is 29.8 Å². The van der Waals surface area contributed by atoms with Crippen molar-refractivity contribution in [1.29, 1.82) is 0 Å². The van der Waals surface area contributed by atoms with E-state index in [0.717, 1.165) is 5.56 Å². The van der Waals surface area contributed by atoms with Gasteiger partial charge in [0.1, 0.15) is 0 Å². The Kier molecular flexibility index (Phi) is 2.65. The van der Waals surface area contributed by atoms with E-state index < -0.39 is 0 Å². The number of urea groups is 1. The second-order valence-corrected chi connectivity index (χ2v) is 5.16. The number of nitrogens with zero attached hydrogens (tertiary/aromatic N) is 1. The highest BCUT2D eigenvalue weighted by atomic mass is 16.2. The smallest absolute Gasteiger partial charge is 0.328 e. The number of anilines is 1. The first-order valence-electron chi connectivity index (χ1n) is 5.61.